The number of carbonyl (C=O) groups is 2. The van der Waals surface area contributed by atoms with Gasteiger partial charge in [-0.25, -0.2) is 0 Å². The number of ketones is 1. The first-order chi connectivity index (χ1) is 14.2. The minimum Gasteiger partial charge on any atom is -0.394 e. The van der Waals surface area contributed by atoms with Crippen LogP contribution in [0, 0.1) is 63.7 Å². The number of Topliss-reactive ketones (excluding diaryl/α,β-unsaturated/α-hetero) is 1. The van der Waals surface area contributed by atoms with Gasteiger partial charge >= 0.3 is 17.1 Å². The average Bonchev–Trinajstić information content (AvgIpc) is 3.48. The molecule has 2 aliphatic rings. The number of rotatable bonds is 10. The largest absolute Gasteiger partial charge is 2.00 e. The fourth-order valence-corrected chi connectivity index (χ4v) is 3.43. The summed E-state index contributed by atoms with van der Waals surface area (Å²) in [7, 11) is 0. The zero-order valence-electron chi connectivity index (χ0n) is 16.7. The molecule has 0 heterocycles. The second kappa shape index (κ2) is 16.8. The molecule has 1 amide bonds. The number of carbonyl (C=O) groups excluding carboxylic acids is 2. The number of nitrogens with one attached hydrogen (secondary N) is 1. The van der Waals surface area contributed by atoms with Gasteiger partial charge in [-0.2, -0.15) is 11.8 Å². The molecule has 0 aliphatic heterocycles. The van der Waals surface area contributed by atoms with Gasteiger partial charge in [0.05, 0.1) is 18.4 Å². The molecule has 0 aromatic heterocycles. The van der Waals surface area contributed by atoms with Crippen LogP contribution in [0.2, 0.25) is 0 Å². The smallest absolute Gasteiger partial charge is 0.394 e. The van der Waals surface area contributed by atoms with Crippen molar-refractivity contribution >= 4 is 23.5 Å². The summed E-state index contributed by atoms with van der Waals surface area (Å²) in [4.78, 5) is 23.8. The Labute approximate surface area is 196 Å². The van der Waals surface area contributed by atoms with Crippen LogP contribution in [0.3, 0.4) is 0 Å². The Morgan fingerprint density at radius 3 is 2.10 bits per heavy atom. The van der Waals surface area contributed by atoms with Crippen LogP contribution in [0.5, 0.6) is 0 Å². The Morgan fingerprint density at radius 1 is 0.933 bits per heavy atom. The molecular weight excluding hydrogens is 438 g/mol. The van der Waals surface area contributed by atoms with E-state index < -0.39 is 0 Å². The molecule has 2 fully saturated rings. The van der Waals surface area contributed by atoms with Crippen molar-refractivity contribution in [2.75, 3.05) is 18.1 Å². The number of thioether (sulfide) groups is 1. The van der Waals surface area contributed by atoms with Crippen LogP contribution in [0.1, 0.15) is 12.0 Å². The molecule has 2 N–H and O–H groups in total. The van der Waals surface area contributed by atoms with Crippen LogP contribution in [0.15, 0.2) is 30.3 Å². The normalized spacial score (nSPS) is 16.8. The Morgan fingerprint density at radius 2 is 1.53 bits per heavy atom. The van der Waals surface area contributed by atoms with Crippen LogP contribution >= 0.6 is 11.8 Å². The van der Waals surface area contributed by atoms with E-state index in [1.807, 2.05) is 75.3 Å². The average molecular weight is 465 g/mol. The van der Waals surface area contributed by atoms with Crippen LogP contribution in [-0.2, 0) is 33.1 Å². The summed E-state index contributed by atoms with van der Waals surface area (Å²) >= 11 is 1.43. The molecule has 3 rings (SSSR count). The van der Waals surface area contributed by atoms with Crippen molar-refractivity contribution < 1.29 is 31.8 Å². The van der Waals surface area contributed by atoms with Gasteiger partial charge in [0, 0.05) is 18.1 Å². The van der Waals surface area contributed by atoms with E-state index in [1.165, 1.54) is 11.8 Å². The molecule has 1 aromatic carbocycles. The SMILES string of the molecule is O=C(CSCCC(=O)[C]1[CH][CH][CH][CH]1)N[C@H](CO)Cc1ccccc1.[CH]1[CH][CH][CH][CH]1.[Fe+2]. The third kappa shape index (κ3) is 11.5. The van der Waals surface area contributed by atoms with Crippen LogP contribution < -0.4 is 5.32 Å². The van der Waals surface area contributed by atoms with E-state index in [1.54, 1.807) is 12.8 Å². The van der Waals surface area contributed by atoms with Crippen molar-refractivity contribution in [2.24, 2.45) is 0 Å². The Balaban J connectivity index is 0.000000655. The van der Waals surface area contributed by atoms with Crippen molar-refractivity contribution in [1.29, 1.82) is 0 Å². The van der Waals surface area contributed by atoms with Gasteiger partial charge in [-0.3, -0.25) is 9.59 Å². The second-order valence-corrected chi connectivity index (χ2v) is 7.60. The zero-order valence-corrected chi connectivity index (χ0v) is 18.6. The Bertz CT molecular complexity index is 582. The predicted octanol–water partition coefficient (Wildman–Crippen LogP) is 2.82. The number of hydrogen-bond acceptors (Lipinski definition) is 4. The van der Waals surface area contributed by atoms with Crippen LogP contribution in [-0.4, -0.2) is 41.0 Å². The van der Waals surface area contributed by atoms with Crippen LogP contribution in [0.4, 0.5) is 0 Å². The third-order valence-electron chi connectivity index (χ3n) is 4.16. The second-order valence-electron chi connectivity index (χ2n) is 6.50. The number of amides is 1. The molecule has 1 aromatic rings. The summed E-state index contributed by atoms with van der Waals surface area (Å²) in [5.74, 6) is 1.61. The van der Waals surface area contributed by atoms with E-state index in [-0.39, 0.29) is 41.4 Å². The fourth-order valence-electron chi connectivity index (χ4n) is 2.68. The first-order valence-corrected chi connectivity index (χ1v) is 10.8. The molecule has 158 valence electrons. The Hall–Kier alpha value is -0.811. The van der Waals surface area contributed by atoms with Gasteiger partial charge in [0.15, 0.2) is 0 Å². The summed E-state index contributed by atoms with van der Waals surface area (Å²) in [6.45, 7) is -0.0965. The maximum absolute atomic E-state index is 11.9. The standard InChI is InChI=1S/C19H22NO3S.C5H5.Fe/c21-13-17(12-15-6-2-1-3-7-15)20-19(23)14-24-11-10-18(22)16-8-4-5-9-16;1-2-4-5-3-1;/h1-9,17,21H,10-14H2,(H,20,23);1-5H;/q;;+2/t17-;;/m0../s1. The van der Waals surface area contributed by atoms with Gasteiger partial charge in [0.1, 0.15) is 5.78 Å². The predicted molar refractivity (Wildman–Crippen MR) is 118 cm³/mol. The maximum Gasteiger partial charge on any atom is 2.00 e. The van der Waals surface area contributed by atoms with Gasteiger partial charge in [-0.15, -0.1) is 0 Å². The minimum absolute atomic E-state index is 0. The van der Waals surface area contributed by atoms with E-state index in [9.17, 15) is 14.7 Å². The molecule has 2 saturated carbocycles. The summed E-state index contributed by atoms with van der Waals surface area (Å²) in [5, 5.41) is 12.3. The van der Waals surface area contributed by atoms with Gasteiger partial charge < -0.3 is 10.4 Å². The molecule has 30 heavy (non-hydrogen) atoms. The van der Waals surface area contributed by atoms with E-state index in [4.69, 9.17) is 0 Å². The van der Waals surface area contributed by atoms with Crippen molar-refractivity contribution in [3.63, 3.8) is 0 Å². The first kappa shape index (κ1) is 27.2. The van der Waals surface area contributed by atoms with Crippen LogP contribution in [0.25, 0.3) is 0 Å². The number of hydrogen-bond donors (Lipinski definition) is 2. The van der Waals surface area contributed by atoms with E-state index >= 15 is 0 Å². The van der Waals surface area contributed by atoms with Gasteiger partial charge in [0.2, 0.25) is 5.91 Å². The summed E-state index contributed by atoms with van der Waals surface area (Å²) in [6, 6.07) is 9.46. The number of benzene rings is 1. The molecule has 4 nitrogen and oxygen atoms in total. The van der Waals surface area contributed by atoms with Crippen molar-refractivity contribution in [3.8, 4) is 0 Å². The maximum atomic E-state index is 11.9. The number of aliphatic hydroxyl groups is 1. The molecule has 2 aliphatic carbocycles. The van der Waals surface area contributed by atoms with Crippen molar-refractivity contribution in [2.45, 2.75) is 18.9 Å². The summed E-state index contributed by atoms with van der Waals surface area (Å²) in [5.41, 5.74) is 1.07. The van der Waals surface area contributed by atoms with E-state index in [0.717, 1.165) is 11.5 Å². The third-order valence-corrected chi connectivity index (χ3v) is 5.12. The molecule has 0 spiro atoms. The molecule has 0 saturated heterocycles. The number of aliphatic hydroxyl groups excluding tert-OH is 1. The summed E-state index contributed by atoms with van der Waals surface area (Å²) in [6.07, 6.45) is 18.3. The molecule has 0 unspecified atom stereocenters. The molecule has 0 bridgehead atoms. The van der Waals surface area contributed by atoms with Crippen molar-refractivity contribution in [3.05, 3.63) is 99.6 Å². The molecule has 1 atom stereocenters. The molecule has 6 heteroatoms. The van der Waals surface area contributed by atoms with Crippen molar-refractivity contribution in [1.82, 2.24) is 5.32 Å². The topological polar surface area (TPSA) is 66.4 Å². The van der Waals surface area contributed by atoms with E-state index in [2.05, 4.69) is 5.32 Å². The quantitative estimate of drug-likeness (QED) is 0.412. The van der Waals surface area contributed by atoms with E-state index in [0.29, 0.717) is 24.3 Å². The molecule has 10 radical (unpaired) electrons. The summed E-state index contributed by atoms with van der Waals surface area (Å²) < 4.78 is 0. The Kier molecular flexibility index (Phi) is 15.3. The van der Waals surface area contributed by atoms with Gasteiger partial charge in [0.25, 0.3) is 0 Å². The zero-order chi connectivity index (χ0) is 20.7. The monoisotopic (exact) mass is 465 g/mol. The van der Waals surface area contributed by atoms with Gasteiger partial charge in [-0.1, -0.05) is 30.3 Å². The fraction of sp³-hybridized carbons (Fsp3) is 0.250. The minimum atomic E-state index is -0.286. The molecular formula is C24H27FeNO3S+2. The first-order valence-electron chi connectivity index (χ1n) is 9.62. The van der Waals surface area contributed by atoms with Gasteiger partial charge in [-0.05, 0) is 69.8 Å².